The van der Waals surface area contributed by atoms with Crippen LogP contribution in [0.5, 0.6) is 0 Å². The van der Waals surface area contributed by atoms with E-state index in [4.69, 9.17) is 0 Å². The van der Waals surface area contributed by atoms with Crippen molar-refractivity contribution in [1.82, 2.24) is 4.57 Å². The van der Waals surface area contributed by atoms with Crippen molar-refractivity contribution in [3.8, 4) is 5.69 Å². The Labute approximate surface area is 225 Å². The van der Waals surface area contributed by atoms with Crippen molar-refractivity contribution in [1.29, 1.82) is 0 Å². The Kier molecular flexibility index (Phi) is 4.43. The molecular formula is C36H27NS. The Morgan fingerprint density at radius 1 is 0.500 bits per heavy atom. The van der Waals surface area contributed by atoms with Crippen LogP contribution in [0.2, 0.25) is 0 Å². The monoisotopic (exact) mass is 505 g/mol. The molecule has 0 bridgehead atoms. The summed E-state index contributed by atoms with van der Waals surface area (Å²) in [5.74, 6) is 0. The molecule has 6 aromatic carbocycles. The van der Waals surface area contributed by atoms with Gasteiger partial charge in [0.1, 0.15) is 0 Å². The number of hydrogen-bond acceptors (Lipinski definition) is 1. The zero-order valence-corrected chi connectivity index (χ0v) is 22.6. The number of nitrogens with zero attached hydrogens (tertiary/aromatic N) is 1. The second-order valence-corrected chi connectivity index (χ2v) is 12.4. The minimum atomic E-state index is 0.0671. The normalized spacial score (nSPS) is 12.6. The summed E-state index contributed by atoms with van der Waals surface area (Å²) in [4.78, 5) is 0. The van der Waals surface area contributed by atoms with Crippen LogP contribution < -0.4 is 0 Å². The van der Waals surface area contributed by atoms with Gasteiger partial charge in [-0.2, -0.15) is 0 Å². The molecule has 0 saturated carbocycles. The van der Waals surface area contributed by atoms with Gasteiger partial charge in [0.15, 0.2) is 0 Å². The first-order valence-corrected chi connectivity index (χ1v) is 14.1. The van der Waals surface area contributed by atoms with Crippen LogP contribution in [0.1, 0.15) is 26.3 Å². The molecule has 2 heterocycles. The summed E-state index contributed by atoms with van der Waals surface area (Å²) >= 11 is 1.97. The molecule has 0 aliphatic rings. The molecule has 182 valence electrons. The van der Waals surface area contributed by atoms with E-state index in [-0.39, 0.29) is 5.41 Å². The summed E-state index contributed by atoms with van der Waals surface area (Å²) in [6, 6.07) is 40.2. The quantitative estimate of drug-likeness (QED) is 0.209. The molecule has 0 radical (unpaired) electrons. The summed E-state index contributed by atoms with van der Waals surface area (Å²) < 4.78 is 5.31. The highest BCUT2D eigenvalue weighted by Crippen LogP contribution is 2.50. The predicted molar refractivity (Wildman–Crippen MR) is 167 cm³/mol. The Morgan fingerprint density at radius 3 is 1.92 bits per heavy atom. The van der Waals surface area contributed by atoms with Gasteiger partial charge in [0.05, 0.1) is 15.7 Å². The van der Waals surface area contributed by atoms with Gasteiger partial charge < -0.3 is 4.57 Å². The van der Waals surface area contributed by atoms with E-state index in [0.717, 1.165) is 0 Å². The molecule has 0 saturated heterocycles. The third-order valence-electron chi connectivity index (χ3n) is 8.07. The highest BCUT2D eigenvalue weighted by atomic mass is 32.1. The van der Waals surface area contributed by atoms with Crippen LogP contribution in [-0.4, -0.2) is 4.57 Å². The Morgan fingerprint density at radius 2 is 1.16 bits per heavy atom. The van der Waals surface area contributed by atoms with Crippen molar-refractivity contribution in [2.75, 3.05) is 0 Å². The van der Waals surface area contributed by atoms with Gasteiger partial charge >= 0.3 is 0 Å². The maximum atomic E-state index is 2.54. The van der Waals surface area contributed by atoms with Gasteiger partial charge in [0.2, 0.25) is 0 Å². The van der Waals surface area contributed by atoms with Crippen LogP contribution in [0.15, 0.2) is 109 Å². The summed E-state index contributed by atoms with van der Waals surface area (Å²) in [5.41, 5.74) is 5.29. The van der Waals surface area contributed by atoms with E-state index >= 15 is 0 Å². The Bertz CT molecular complexity index is 2200. The maximum absolute atomic E-state index is 2.54. The van der Waals surface area contributed by atoms with Crippen LogP contribution in [0.4, 0.5) is 0 Å². The second-order valence-electron chi connectivity index (χ2n) is 11.4. The van der Waals surface area contributed by atoms with E-state index in [1.807, 2.05) is 11.3 Å². The lowest BCUT2D eigenvalue weighted by Gasteiger charge is -2.19. The molecule has 0 atom stereocenters. The minimum Gasteiger partial charge on any atom is -0.307 e. The first-order valence-electron chi connectivity index (χ1n) is 13.3. The molecule has 0 aliphatic heterocycles. The van der Waals surface area contributed by atoms with Gasteiger partial charge in [-0.25, -0.2) is 0 Å². The standard InChI is InChI=1S/C36H27NS/c1-36(2,3)29-19-11-18-28-31-26-17-10-9-16-25(26)30-27-21-20-22-12-7-8-15-24(22)32(27)37(23-13-5-4-6-14-23)33(30)35(31)38-34(28)29/h4-21H,1-3H3. The first kappa shape index (κ1) is 21.9. The third-order valence-corrected chi connectivity index (χ3v) is 9.32. The van der Waals surface area contributed by atoms with Crippen molar-refractivity contribution in [3.05, 3.63) is 115 Å². The van der Waals surface area contributed by atoms with E-state index < -0.39 is 0 Å². The lowest BCUT2D eigenvalue weighted by atomic mass is 9.86. The number of fused-ring (bicyclic) bond motifs is 12. The van der Waals surface area contributed by atoms with E-state index in [1.165, 1.54) is 74.8 Å². The molecule has 0 unspecified atom stereocenters. The number of para-hydroxylation sites is 1. The van der Waals surface area contributed by atoms with Crippen molar-refractivity contribution in [3.63, 3.8) is 0 Å². The largest absolute Gasteiger partial charge is 0.307 e. The topological polar surface area (TPSA) is 4.93 Å². The molecule has 0 aliphatic carbocycles. The highest BCUT2D eigenvalue weighted by molar-refractivity contribution is 7.27. The third kappa shape index (κ3) is 2.87. The fourth-order valence-electron chi connectivity index (χ4n) is 6.44. The Hall–Kier alpha value is -4.14. The number of rotatable bonds is 1. The summed E-state index contributed by atoms with van der Waals surface area (Å²) in [6.45, 7) is 6.98. The van der Waals surface area contributed by atoms with Crippen LogP contribution in [0.25, 0.3) is 69.2 Å². The molecule has 2 heteroatoms. The molecule has 0 N–H and O–H groups in total. The zero-order valence-electron chi connectivity index (χ0n) is 21.7. The molecule has 38 heavy (non-hydrogen) atoms. The van der Waals surface area contributed by atoms with Crippen LogP contribution >= 0.6 is 11.3 Å². The number of aromatic nitrogens is 1. The van der Waals surface area contributed by atoms with Gasteiger partial charge in [-0.3, -0.25) is 0 Å². The second kappa shape index (κ2) is 7.69. The molecule has 2 aromatic heterocycles. The van der Waals surface area contributed by atoms with Crippen molar-refractivity contribution >= 4 is 74.9 Å². The van der Waals surface area contributed by atoms with E-state index in [2.05, 4.69) is 135 Å². The van der Waals surface area contributed by atoms with Gasteiger partial charge in [-0.05, 0) is 39.3 Å². The van der Waals surface area contributed by atoms with Crippen molar-refractivity contribution in [2.24, 2.45) is 0 Å². The van der Waals surface area contributed by atoms with E-state index in [9.17, 15) is 0 Å². The maximum Gasteiger partial charge on any atom is 0.0726 e. The average molecular weight is 506 g/mol. The molecule has 0 spiro atoms. The van der Waals surface area contributed by atoms with E-state index in [0.29, 0.717) is 0 Å². The van der Waals surface area contributed by atoms with Gasteiger partial charge in [0.25, 0.3) is 0 Å². The average Bonchev–Trinajstić information content (AvgIpc) is 3.50. The summed E-state index contributed by atoms with van der Waals surface area (Å²) in [5, 5.41) is 10.6. The van der Waals surface area contributed by atoms with Crippen LogP contribution in [-0.2, 0) is 5.41 Å². The predicted octanol–water partition coefficient (Wildman–Crippen LogP) is 10.8. The molecule has 8 rings (SSSR count). The SMILES string of the molecule is CC(C)(C)c1cccc2c1sc1c2c2ccccc2c2c3ccc4ccccc4c3n(-c3ccccc3)c12. The van der Waals surface area contributed by atoms with Crippen LogP contribution in [0.3, 0.4) is 0 Å². The van der Waals surface area contributed by atoms with Crippen LogP contribution in [0, 0.1) is 0 Å². The molecule has 1 nitrogen and oxygen atoms in total. The number of benzene rings is 6. The highest BCUT2D eigenvalue weighted by Gasteiger charge is 2.25. The van der Waals surface area contributed by atoms with Gasteiger partial charge in [-0.15, -0.1) is 11.3 Å². The van der Waals surface area contributed by atoms with Crippen molar-refractivity contribution < 1.29 is 0 Å². The Balaban J connectivity index is 1.75. The molecule has 0 fully saturated rings. The fourth-order valence-corrected chi connectivity index (χ4v) is 8.02. The lowest BCUT2D eigenvalue weighted by Crippen LogP contribution is -2.10. The number of hydrogen-bond donors (Lipinski definition) is 0. The summed E-state index contributed by atoms with van der Waals surface area (Å²) in [7, 11) is 0. The smallest absolute Gasteiger partial charge is 0.0726 e. The fraction of sp³-hybridized carbons (Fsp3) is 0.111. The minimum absolute atomic E-state index is 0.0671. The van der Waals surface area contributed by atoms with Gasteiger partial charge in [0, 0.05) is 37.3 Å². The van der Waals surface area contributed by atoms with Crippen molar-refractivity contribution in [2.45, 2.75) is 26.2 Å². The zero-order chi connectivity index (χ0) is 25.6. The first-order chi connectivity index (χ1) is 18.5. The van der Waals surface area contributed by atoms with E-state index in [1.54, 1.807) is 0 Å². The van der Waals surface area contributed by atoms with Gasteiger partial charge in [-0.1, -0.05) is 118 Å². The lowest BCUT2D eigenvalue weighted by molar-refractivity contribution is 0.597. The molecular weight excluding hydrogens is 478 g/mol. The molecule has 0 amide bonds. The molecule has 8 aromatic rings. The summed E-state index contributed by atoms with van der Waals surface area (Å²) in [6.07, 6.45) is 0. The number of thiophene rings is 1.